The van der Waals surface area contributed by atoms with Crippen molar-refractivity contribution in [2.75, 3.05) is 0 Å². The molecular formula is C8H9ClNO+. The van der Waals surface area contributed by atoms with E-state index in [0.717, 1.165) is 0 Å². The molecule has 58 valence electrons. The van der Waals surface area contributed by atoms with Crippen LogP contribution in [0.2, 0.25) is 5.15 Å². The zero-order valence-corrected chi connectivity index (χ0v) is 6.75. The molecule has 1 aromatic heterocycles. The number of rotatable bonds is 1. The van der Waals surface area contributed by atoms with Crippen LogP contribution in [0.3, 0.4) is 0 Å². The van der Waals surface area contributed by atoms with E-state index in [-0.39, 0.29) is 5.75 Å². The maximum Gasteiger partial charge on any atom is 0.317 e. The molecule has 0 aliphatic heterocycles. The number of aromatic hydroxyl groups is 1. The SMILES string of the molecule is Oc1ccc[n+](C2CC2)c1Cl. The average molecular weight is 171 g/mol. The first-order valence-electron chi connectivity index (χ1n) is 3.67. The van der Waals surface area contributed by atoms with Crippen molar-refractivity contribution >= 4 is 11.6 Å². The lowest BCUT2D eigenvalue weighted by molar-refractivity contribution is -0.698. The Morgan fingerprint density at radius 2 is 2.27 bits per heavy atom. The van der Waals surface area contributed by atoms with E-state index in [1.54, 1.807) is 12.1 Å². The molecule has 0 unspecified atom stereocenters. The molecule has 1 N–H and O–H groups in total. The monoisotopic (exact) mass is 170 g/mol. The Kier molecular flexibility index (Phi) is 1.50. The van der Waals surface area contributed by atoms with E-state index in [9.17, 15) is 5.11 Å². The topological polar surface area (TPSA) is 24.1 Å². The minimum absolute atomic E-state index is 0.168. The zero-order valence-electron chi connectivity index (χ0n) is 6.00. The number of halogens is 1. The molecule has 11 heavy (non-hydrogen) atoms. The highest BCUT2D eigenvalue weighted by Crippen LogP contribution is 2.32. The highest BCUT2D eigenvalue weighted by Gasteiger charge is 2.34. The quantitative estimate of drug-likeness (QED) is 0.503. The van der Waals surface area contributed by atoms with Gasteiger partial charge in [-0.3, -0.25) is 0 Å². The van der Waals surface area contributed by atoms with Gasteiger partial charge in [0.25, 0.3) is 0 Å². The lowest BCUT2D eigenvalue weighted by Gasteiger charge is -1.96. The molecule has 2 rings (SSSR count). The fraction of sp³-hybridized carbons (Fsp3) is 0.375. The largest absolute Gasteiger partial charge is 0.502 e. The summed E-state index contributed by atoms with van der Waals surface area (Å²) in [6, 6.07) is 3.93. The molecule has 3 heteroatoms. The Bertz CT molecular complexity index is 283. The van der Waals surface area contributed by atoms with Gasteiger partial charge in [0.1, 0.15) is 0 Å². The first-order chi connectivity index (χ1) is 5.29. The van der Waals surface area contributed by atoms with Gasteiger partial charge in [0.2, 0.25) is 5.75 Å². The van der Waals surface area contributed by atoms with E-state index >= 15 is 0 Å². The first-order valence-corrected chi connectivity index (χ1v) is 4.05. The van der Waals surface area contributed by atoms with Gasteiger partial charge < -0.3 is 5.11 Å². The zero-order chi connectivity index (χ0) is 7.84. The fourth-order valence-corrected chi connectivity index (χ4v) is 1.39. The second kappa shape index (κ2) is 2.38. The van der Waals surface area contributed by atoms with Gasteiger partial charge in [-0.05, 0) is 17.7 Å². The van der Waals surface area contributed by atoms with E-state index < -0.39 is 0 Å². The van der Waals surface area contributed by atoms with Gasteiger partial charge >= 0.3 is 5.15 Å². The number of hydrogen-bond acceptors (Lipinski definition) is 1. The van der Waals surface area contributed by atoms with Gasteiger partial charge in [-0.15, -0.1) is 0 Å². The Morgan fingerprint density at radius 1 is 1.55 bits per heavy atom. The number of aromatic nitrogens is 1. The highest BCUT2D eigenvalue weighted by molar-refractivity contribution is 6.29. The summed E-state index contributed by atoms with van der Waals surface area (Å²) >= 11 is 5.84. The number of pyridine rings is 1. The predicted molar refractivity (Wildman–Crippen MR) is 41.6 cm³/mol. The summed E-state index contributed by atoms with van der Waals surface area (Å²) in [4.78, 5) is 0. The Morgan fingerprint density at radius 3 is 2.91 bits per heavy atom. The molecule has 1 heterocycles. The molecule has 1 aliphatic carbocycles. The molecule has 1 fully saturated rings. The minimum Gasteiger partial charge on any atom is -0.502 e. The molecular weight excluding hydrogens is 162 g/mol. The summed E-state index contributed by atoms with van der Waals surface area (Å²) in [6.07, 6.45) is 4.25. The van der Waals surface area contributed by atoms with Crippen molar-refractivity contribution in [2.24, 2.45) is 0 Å². The van der Waals surface area contributed by atoms with E-state index in [1.807, 2.05) is 10.8 Å². The Balaban J connectivity index is 2.45. The maximum absolute atomic E-state index is 9.22. The standard InChI is InChI=1S/C8H8ClNO/c9-8-7(11)2-1-5-10(8)6-3-4-6/h1-2,5-6H,3-4H2/p+1. The Labute approximate surface area is 70.0 Å². The van der Waals surface area contributed by atoms with Crippen LogP contribution < -0.4 is 4.57 Å². The van der Waals surface area contributed by atoms with Crippen molar-refractivity contribution < 1.29 is 9.67 Å². The van der Waals surface area contributed by atoms with Gasteiger partial charge in [-0.25, -0.2) is 0 Å². The van der Waals surface area contributed by atoms with Crippen LogP contribution in [0.15, 0.2) is 18.3 Å². The second-order valence-corrected chi connectivity index (χ2v) is 3.18. The molecule has 1 aromatic rings. The van der Waals surface area contributed by atoms with Crippen LogP contribution in [0.5, 0.6) is 5.75 Å². The summed E-state index contributed by atoms with van der Waals surface area (Å²) in [7, 11) is 0. The van der Waals surface area contributed by atoms with Gasteiger partial charge in [0, 0.05) is 18.9 Å². The van der Waals surface area contributed by atoms with Crippen molar-refractivity contribution in [1.82, 2.24) is 0 Å². The van der Waals surface area contributed by atoms with Gasteiger partial charge in [-0.1, -0.05) is 0 Å². The first kappa shape index (κ1) is 6.92. The third kappa shape index (κ3) is 1.18. The van der Waals surface area contributed by atoms with E-state index in [1.165, 1.54) is 12.8 Å². The highest BCUT2D eigenvalue weighted by atomic mass is 35.5. The Hall–Kier alpha value is -0.760. The van der Waals surface area contributed by atoms with Crippen LogP contribution in [-0.2, 0) is 0 Å². The van der Waals surface area contributed by atoms with Crippen LogP contribution in [0, 0.1) is 0 Å². The van der Waals surface area contributed by atoms with Crippen molar-refractivity contribution in [1.29, 1.82) is 0 Å². The number of nitrogens with zero attached hydrogens (tertiary/aromatic N) is 1. The minimum atomic E-state index is 0.168. The van der Waals surface area contributed by atoms with Gasteiger partial charge in [0.15, 0.2) is 12.2 Å². The molecule has 0 radical (unpaired) electrons. The summed E-state index contributed by atoms with van der Waals surface area (Å²) < 4.78 is 1.91. The fourth-order valence-electron chi connectivity index (χ4n) is 1.13. The molecule has 1 saturated carbocycles. The third-order valence-electron chi connectivity index (χ3n) is 1.88. The maximum atomic E-state index is 9.22. The summed E-state index contributed by atoms with van der Waals surface area (Å²) in [5.74, 6) is 0.168. The van der Waals surface area contributed by atoms with E-state index in [4.69, 9.17) is 11.6 Å². The summed E-state index contributed by atoms with van der Waals surface area (Å²) in [5.41, 5.74) is 0. The summed E-state index contributed by atoms with van der Waals surface area (Å²) in [5, 5.41) is 9.68. The van der Waals surface area contributed by atoms with Crippen molar-refractivity contribution in [3.05, 3.63) is 23.5 Å². The van der Waals surface area contributed by atoms with E-state index in [2.05, 4.69) is 0 Å². The number of hydrogen-bond donors (Lipinski definition) is 1. The molecule has 2 nitrogen and oxygen atoms in total. The molecule has 0 aromatic carbocycles. The molecule has 1 aliphatic rings. The normalized spacial score (nSPS) is 16.8. The molecule has 0 saturated heterocycles. The molecule has 0 spiro atoms. The lowest BCUT2D eigenvalue weighted by Crippen LogP contribution is -2.32. The van der Waals surface area contributed by atoms with E-state index in [0.29, 0.717) is 11.2 Å². The van der Waals surface area contributed by atoms with Crippen molar-refractivity contribution in [3.63, 3.8) is 0 Å². The van der Waals surface area contributed by atoms with Crippen LogP contribution in [0.4, 0.5) is 0 Å². The molecule has 0 atom stereocenters. The molecule has 0 bridgehead atoms. The molecule has 0 amide bonds. The lowest BCUT2D eigenvalue weighted by atomic mass is 10.4. The predicted octanol–water partition coefficient (Wildman–Crippen LogP) is 1.67. The van der Waals surface area contributed by atoms with Gasteiger partial charge in [-0.2, -0.15) is 4.57 Å². The van der Waals surface area contributed by atoms with Gasteiger partial charge in [0.05, 0.1) is 0 Å². The smallest absolute Gasteiger partial charge is 0.317 e. The average Bonchev–Trinajstić information content (AvgIpc) is 2.77. The van der Waals surface area contributed by atoms with Crippen molar-refractivity contribution in [2.45, 2.75) is 18.9 Å². The van der Waals surface area contributed by atoms with Crippen LogP contribution in [0.25, 0.3) is 0 Å². The van der Waals surface area contributed by atoms with Crippen LogP contribution in [-0.4, -0.2) is 5.11 Å². The van der Waals surface area contributed by atoms with Crippen LogP contribution >= 0.6 is 11.6 Å². The second-order valence-electron chi connectivity index (χ2n) is 2.82. The van der Waals surface area contributed by atoms with Crippen molar-refractivity contribution in [3.8, 4) is 5.75 Å². The third-order valence-corrected chi connectivity index (χ3v) is 2.27. The summed E-state index contributed by atoms with van der Waals surface area (Å²) in [6.45, 7) is 0. The van der Waals surface area contributed by atoms with Crippen LogP contribution in [0.1, 0.15) is 18.9 Å².